The van der Waals surface area contributed by atoms with Crippen LogP contribution < -0.4 is 22.6 Å². The van der Waals surface area contributed by atoms with Crippen LogP contribution in [0.5, 0.6) is 0 Å². The number of anilines is 1. The first-order valence-corrected chi connectivity index (χ1v) is 11.1. The maximum absolute atomic E-state index is 13.3. The molecule has 1 atom stereocenters. The van der Waals surface area contributed by atoms with Crippen molar-refractivity contribution in [3.05, 3.63) is 110 Å². The third kappa shape index (κ3) is 5.01. The summed E-state index contributed by atoms with van der Waals surface area (Å²) < 4.78 is 42.4. The second-order valence-corrected chi connectivity index (χ2v) is 8.53. The fourth-order valence-electron chi connectivity index (χ4n) is 4.10. The zero-order chi connectivity index (χ0) is 27.1. The van der Waals surface area contributed by atoms with Crippen LogP contribution in [-0.2, 0) is 13.2 Å². The maximum Gasteiger partial charge on any atom is 0.416 e. The van der Waals surface area contributed by atoms with E-state index in [2.05, 4.69) is 5.10 Å². The van der Waals surface area contributed by atoms with Gasteiger partial charge in [-0.25, -0.2) is 0 Å². The summed E-state index contributed by atoms with van der Waals surface area (Å²) in [4.78, 5) is 37.4. The number of rotatable bonds is 5. The van der Waals surface area contributed by atoms with Crippen molar-refractivity contribution >= 4 is 11.6 Å². The Morgan fingerprint density at radius 3 is 2.35 bits per heavy atom. The van der Waals surface area contributed by atoms with Crippen molar-refractivity contribution in [2.75, 3.05) is 5.73 Å². The molecule has 4 aromatic rings. The molecule has 11 heteroatoms. The van der Waals surface area contributed by atoms with Gasteiger partial charge in [0.1, 0.15) is 0 Å². The van der Waals surface area contributed by atoms with Crippen LogP contribution in [0.2, 0.25) is 0 Å². The molecular formula is C26H22F3N5O3. The van der Waals surface area contributed by atoms with Crippen molar-refractivity contribution in [2.24, 2.45) is 12.8 Å². The van der Waals surface area contributed by atoms with Gasteiger partial charge in [-0.2, -0.15) is 23.0 Å². The molecule has 0 saturated carbocycles. The summed E-state index contributed by atoms with van der Waals surface area (Å²) in [6.45, 7) is 1.53. The summed E-state index contributed by atoms with van der Waals surface area (Å²) in [6.07, 6.45) is -4.63. The SMILES string of the molecule is CC(c1cc(N)cc(C(F)(F)F)c1)c1cc(=O)n(-c2cccc(-c3cccc(=O)n3C)c2)nc1C(N)=O. The highest BCUT2D eigenvalue weighted by Crippen LogP contribution is 2.35. The summed E-state index contributed by atoms with van der Waals surface area (Å²) in [6, 6.07) is 15.5. The summed E-state index contributed by atoms with van der Waals surface area (Å²) in [5, 5.41) is 4.16. The van der Waals surface area contributed by atoms with Crippen molar-refractivity contribution in [2.45, 2.75) is 19.0 Å². The van der Waals surface area contributed by atoms with E-state index in [9.17, 15) is 27.6 Å². The van der Waals surface area contributed by atoms with Crippen molar-refractivity contribution in [3.63, 3.8) is 0 Å². The van der Waals surface area contributed by atoms with E-state index < -0.39 is 29.1 Å². The van der Waals surface area contributed by atoms with Gasteiger partial charge in [-0.15, -0.1) is 0 Å². The molecule has 1 unspecified atom stereocenters. The fraction of sp³-hybridized carbons (Fsp3) is 0.154. The van der Waals surface area contributed by atoms with Gasteiger partial charge < -0.3 is 16.0 Å². The number of carbonyl (C=O) groups is 1. The van der Waals surface area contributed by atoms with E-state index >= 15 is 0 Å². The lowest BCUT2D eigenvalue weighted by atomic mass is 9.90. The second-order valence-electron chi connectivity index (χ2n) is 8.53. The minimum Gasteiger partial charge on any atom is -0.399 e. The monoisotopic (exact) mass is 509 g/mol. The molecule has 37 heavy (non-hydrogen) atoms. The molecule has 2 aromatic heterocycles. The molecule has 4 rings (SSSR count). The Hall–Kier alpha value is -4.67. The minimum absolute atomic E-state index is 0.0640. The molecule has 0 bridgehead atoms. The fourth-order valence-corrected chi connectivity index (χ4v) is 4.10. The Kier molecular flexibility index (Phi) is 6.47. The summed E-state index contributed by atoms with van der Waals surface area (Å²) in [5.41, 5.74) is 10.7. The number of hydrogen-bond donors (Lipinski definition) is 2. The first kappa shape index (κ1) is 25.4. The molecule has 0 aliphatic carbocycles. The van der Waals surface area contributed by atoms with Crippen LogP contribution in [0.1, 0.15) is 40.0 Å². The third-order valence-electron chi connectivity index (χ3n) is 6.04. The number of pyridine rings is 1. The number of hydrogen-bond acceptors (Lipinski definition) is 5. The molecule has 1 amide bonds. The normalized spacial score (nSPS) is 12.4. The van der Waals surface area contributed by atoms with E-state index in [4.69, 9.17) is 11.5 Å². The molecule has 0 spiro atoms. The number of amides is 1. The van der Waals surface area contributed by atoms with Crippen LogP contribution in [-0.4, -0.2) is 20.3 Å². The molecule has 0 radical (unpaired) electrons. The molecular weight excluding hydrogens is 487 g/mol. The van der Waals surface area contributed by atoms with E-state index in [0.717, 1.165) is 22.9 Å². The average molecular weight is 509 g/mol. The molecule has 0 fully saturated rings. The largest absolute Gasteiger partial charge is 0.416 e. The number of primary amides is 1. The van der Waals surface area contributed by atoms with Crippen LogP contribution in [0.4, 0.5) is 18.9 Å². The van der Waals surface area contributed by atoms with Gasteiger partial charge in [0.25, 0.3) is 17.0 Å². The minimum atomic E-state index is -4.63. The zero-order valence-electron chi connectivity index (χ0n) is 19.8. The molecule has 190 valence electrons. The number of aromatic nitrogens is 3. The van der Waals surface area contributed by atoms with Crippen LogP contribution in [0.3, 0.4) is 0 Å². The van der Waals surface area contributed by atoms with Gasteiger partial charge >= 0.3 is 6.18 Å². The van der Waals surface area contributed by atoms with Gasteiger partial charge in [0.05, 0.1) is 16.9 Å². The first-order chi connectivity index (χ1) is 17.4. The number of nitrogens with two attached hydrogens (primary N) is 2. The lowest BCUT2D eigenvalue weighted by Gasteiger charge is -2.18. The Bertz CT molecular complexity index is 1640. The van der Waals surface area contributed by atoms with Crippen LogP contribution in [0.25, 0.3) is 16.9 Å². The average Bonchev–Trinajstić information content (AvgIpc) is 2.84. The van der Waals surface area contributed by atoms with E-state index in [1.54, 1.807) is 43.4 Å². The second kappa shape index (κ2) is 9.41. The molecule has 0 aliphatic rings. The van der Waals surface area contributed by atoms with Crippen LogP contribution in [0, 0.1) is 0 Å². The summed E-state index contributed by atoms with van der Waals surface area (Å²) in [5.74, 6) is -1.82. The Morgan fingerprint density at radius 2 is 1.68 bits per heavy atom. The lowest BCUT2D eigenvalue weighted by molar-refractivity contribution is -0.137. The standard InChI is InChI=1S/C26H22F3N5O3/c1-14(16-9-17(26(27,28)29)12-18(30)10-16)20-13-23(36)34(32-24(20)25(31)37)19-6-3-5-15(11-19)21-7-4-8-22(35)33(21)2/h3-14H,30H2,1-2H3,(H2,31,37). The van der Waals surface area contributed by atoms with Crippen molar-refractivity contribution < 1.29 is 18.0 Å². The number of halogens is 3. The van der Waals surface area contributed by atoms with E-state index in [1.165, 1.54) is 23.6 Å². The third-order valence-corrected chi connectivity index (χ3v) is 6.04. The topological polar surface area (TPSA) is 126 Å². The Balaban J connectivity index is 1.84. The van der Waals surface area contributed by atoms with Crippen molar-refractivity contribution in [3.8, 4) is 16.9 Å². The number of alkyl halides is 3. The first-order valence-electron chi connectivity index (χ1n) is 11.1. The number of carbonyl (C=O) groups excluding carboxylic acids is 1. The number of benzene rings is 2. The van der Waals surface area contributed by atoms with Gasteiger partial charge in [-0.05, 0) is 47.5 Å². The number of nitrogens with zero attached hydrogens (tertiary/aromatic N) is 3. The van der Waals surface area contributed by atoms with Crippen molar-refractivity contribution in [1.82, 2.24) is 14.3 Å². The van der Waals surface area contributed by atoms with Gasteiger partial charge in [-0.1, -0.05) is 25.1 Å². The highest BCUT2D eigenvalue weighted by atomic mass is 19.4. The molecule has 0 saturated heterocycles. The smallest absolute Gasteiger partial charge is 0.399 e. The molecule has 0 aliphatic heterocycles. The van der Waals surface area contributed by atoms with Crippen LogP contribution >= 0.6 is 0 Å². The van der Waals surface area contributed by atoms with E-state index in [1.807, 2.05) is 0 Å². The van der Waals surface area contributed by atoms with E-state index in [0.29, 0.717) is 16.9 Å². The highest BCUT2D eigenvalue weighted by molar-refractivity contribution is 5.92. The molecule has 2 heterocycles. The molecule has 4 N–H and O–H groups in total. The van der Waals surface area contributed by atoms with Gasteiger partial charge in [0.15, 0.2) is 5.69 Å². The quantitative estimate of drug-likeness (QED) is 0.399. The predicted octanol–water partition coefficient (Wildman–Crippen LogP) is 3.45. The Morgan fingerprint density at radius 1 is 0.973 bits per heavy atom. The van der Waals surface area contributed by atoms with Gasteiger partial charge in [0, 0.05) is 36.3 Å². The zero-order valence-corrected chi connectivity index (χ0v) is 19.8. The Labute approximate surface area is 208 Å². The lowest BCUT2D eigenvalue weighted by Crippen LogP contribution is -2.28. The highest BCUT2D eigenvalue weighted by Gasteiger charge is 2.32. The van der Waals surface area contributed by atoms with Gasteiger partial charge in [-0.3, -0.25) is 14.4 Å². The van der Waals surface area contributed by atoms with Gasteiger partial charge in [0.2, 0.25) is 0 Å². The molecule has 2 aromatic carbocycles. The summed E-state index contributed by atoms with van der Waals surface area (Å²) in [7, 11) is 1.61. The predicted molar refractivity (Wildman–Crippen MR) is 132 cm³/mol. The number of nitrogen functional groups attached to an aromatic ring is 1. The molecule has 8 nitrogen and oxygen atoms in total. The summed E-state index contributed by atoms with van der Waals surface area (Å²) >= 11 is 0. The van der Waals surface area contributed by atoms with E-state index in [-0.39, 0.29) is 28.1 Å². The maximum atomic E-state index is 13.3. The van der Waals surface area contributed by atoms with Crippen molar-refractivity contribution in [1.29, 1.82) is 0 Å². The van der Waals surface area contributed by atoms with Crippen LogP contribution in [0.15, 0.2) is 76.3 Å².